The Bertz CT molecular complexity index is 900. The first-order chi connectivity index (χ1) is 12.4. The third-order valence-electron chi connectivity index (χ3n) is 4.08. The summed E-state index contributed by atoms with van der Waals surface area (Å²) in [6, 6.07) is 3.36. The number of carbonyl (C=O) groups excluding carboxylic acids is 2. The van der Waals surface area contributed by atoms with Crippen molar-refractivity contribution in [2.75, 3.05) is 5.73 Å². The number of amides is 1. The van der Waals surface area contributed by atoms with Crippen molar-refractivity contribution in [1.29, 1.82) is 0 Å². The summed E-state index contributed by atoms with van der Waals surface area (Å²) < 4.78 is 5.49. The van der Waals surface area contributed by atoms with E-state index in [1.807, 2.05) is 0 Å². The molecule has 0 aliphatic carbocycles. The number of nitrogens with zero attached hydrogens (tertiary/aromatic N) is 2. The van der Waals surface area contributed by atoms with Gasteiger partial charge in [0.05, 0.1) is 5.94 Å². The van der Waals surface area contributed by atoms with Crippen molar-refractivity contribution in [2.24, 2.45) is 5.16 Å². The number of carbonyl (C=O) groups is 2. The predicted molar refractivity (Wildman–Crippen MR) is 95.7 cm³/mol. The van der Waals surface area contributed by atoms with Crippen LogP contribution in [0.4, 0.5) is 5.13 Å². The monoisotopic (exact) mass is 374 g/mol. The van der Waals surface area contributed by atoms with E-state index >= 15 is 0 Å². The molecule has 0 spiro atoms. The Labute approximate surface area is 152 Å². The van der Waals surface area contributed by atoms with Gasteiger partial charge in [-0.2, -0.15) is 0 Å². The fourth-order valence-corrected chi connectivity index (χ4v) is 3.27. The predicted octanol–water partition coefficient (Wildman–Crippen LogP) is 0.164. The highest BCUT2D eigenvalue weighted by Crippen LogP contribution is 2.31. The zero-order chi connectivity index (χ0) is 18.8. The van der Waals surface area contributed by atoms with E-state index in [0.717, 1.165) is 16.9 Å². The lowest BCUT2D eigenvalue weighted by Crippen LogP contribution is -2.54. The fourth-order valence-electron chi connectivity index (χ4n) is 2.72. The zero-order valence-electron chi connectivity index (χ0n) is 13.7. The molecule has 5 N–H and O–H groups in total. The van der Waals surface area contributed by atoms with Gasteiger partial charge in [-0.25, -0.2) is 4.98 Å². The van der Waals surface area contributed by atoms with E-state index < -0.39 is 19.0 Å². The normalized spacial score (nSPS) is 16.6. The zero-order valence-corrected chi connectivity index (χ0v) is 14.5. The molecule has 0 saturated carbocycles. The van der Waals surface area contributed by atoms with Gasteiger partial charge in [0.1, 0.15) is 17.7 Å². The second-order valence-electron chi connectivity index (χ2n) is 5.70. The minimum absolute atomic E-state index is 0.130. The maximum absolute atomic E-state index is 12.4. The van der Waals surface area contributed by atoms with Crippen molar-refractivity contribution in [3.63, 3.8) is 0 Å². The molecule has 0 saturated heterocycles. The van der Waals surface area contributed by atoms with Crippen molar-refractivity contribution >= 4 is 41.5 Å². The van der Waals surface area contributed by atoms with Crippen molar-refractivity contribution < 1.29 is 24.5 Å². The SMILES string of the molecule is Cc1c(C=O)ccc2c1OB(O)[C@@H](NC(=O)/C(=N\O)c1csc(N)n1)C2. The summed E-state index contributed by atoms with van der Waals surface area (Å²) in [6.07, 6.45) is 0.989. The second-order valence-corrected chi connectivity index (χ2v) is 6.59. The molecule has 1 atom stereocenters. The van der Waals surface area contributed by atoms with Gasteiger partial charge in [0, 0.05) is 16.5 Å². The number of nitrogens with one attached hydrogen (secondary N) is 1. The number of fused-ring (bicyclic) bond motifs is 1. The lowest BCUT2D eigenvalue weighted by Gasteiger charge is -2.29. The highest BCUT2D eigenvalue weighted by atomic mass is 32.1. The number of nitrogens with two attached hydrogens (primary N) is 1. The Morgan fingerprint density at radius 2 is 2.35 bits per heavy atom. The van der Waals surface area contributed by atoms with Crippen LogP contribution in [0, 0.1) is 6.92 Å². The molecule has 1 aromatic carbocycles. The van der Waals surface area contributed by atoms with Gasteiger partial charge in [-0.15, -0.1) is 11.3 Å². The van der Waals surface area contributed by atoms with E-state index in [4.69, 9.17) is 15.6 Å². The quantitative estimate of drug-likeness (QED) is 0.196. The molecule has 1 aliphatic heterocycles. The highest BCUT2D eigenvalue weighted by Gasteiger charge is 2.38. The molecule has 9 nitrogen and oxygen atoms in total. The number of anilines is 1. The summed E-state index contributed by atoms with van der Waals surface area (Å²) in [5, 5.41) is 26.6. The minimum Gasteiger partial charge on any atom is -0.534 e. The third kappa shape index (κ3) is 3.26. The van der Waals surface area contributed by atoms with E-state index in [2.05, 4.69) is 15.5 Å². The number of aldehydes is 1. The number of nitrogen functional groups attached to an aromatic ring is 1. The summed E-state index contributed by atoms with van der Waals surface area (Å²) >= 11 is 1.10. The van der Waals surface area contributed by atoms with Crippen molar-refractivity contribution in [1.82, 2.24) is 10.3 Å². The van der Waals surface area contributed by atoms with Gasteiger partial charge >= 0.3 is 7.12 Å². The standard InChI is InChI=1S/C15H15BN4O5S/c1-7-9(5-21)3-2-8-4-11(16(23)25-13(7)8)19-14(22)12(20-24)10-6-26-15(17)18-10/h2-3,5-6,11,23-24H,4H2,1H3,(H2,17,18)(H,19,22)/b20-12-/t11-/m0/s1. The number of benzene rings is 1. The smallest absolute Gasteiger partial charge is 0.534 e. The molecule has 1 amide bonds. The molecule has 2 heterocycles. The van der Waals surface area contributed by atoms with Gasteiger partial charge in [0.15, 0.2) is 10.8 Å². The van der Waals surface area contributed by atoms with Crippen molar-refractivity contribution in [3.05, 3.63) is 39.9 Å². The van der Waals surface area contributed by atoms with Crippen LogP contribution in [-0.2, 0) is 11.2 Å². The number of hydrogen-bond donors (Lipinski definition) is 4. The van der Waals surface area contributed by atoms with Crippen molar-refractivity contribution in [3.8, 4) is 5.75 Å². The van der Waals surface area contributed by atoms with Gasteiger partial charge in [0.25, 0.3) is 5.91 Å². The van der Waals surface area contributed by atoms with Crippen molar-refractivity contribution in [2.45, 2.75) is 19.3 Å². The Kier molecular flexibility index (Phi) is 4.91. The number of thiazole rings is 1. The van der Waals surface area contributed by atoms with Gasteiger partial charge in [-0.1, -0.05) is 17.3 Å². The van der Waals surface area contributed by atoms with Crippen LogP contribution >= 0.6 is 11.3 Å². The van der Waals surface area contributed by atoms with E-state index in [1.165, 1.54) is 5.38 Å². The first kappa shape index (κ1) is 17.9. The number of rotatable bonds is 4. The van der Waals surface area contributed by atoms with Crippen LogP contribution in [0.5, 0.6) is 5.75 Å². The van der Waals surface area contributed by atoms with Gasteiger partial charge in [-0.3, -0.25) is 9.59 Å². The number of hydrogen-bond acceptors (Lipinski definition) is 9. The lowest BCUT2D eigenvalue weighted by atomic mass is 9.72. The van der Waals surface area contributed by atoms with Crippen LogP contribution in [0.15, 0.2) is 22.7 Å². The van der Waals surface area contributed by atoms with Crippen LogP contribution < -0.4 is 15.7 Å². The molecule has 1 aromatic heterocycles. The topological polar surface area (TPSA) is 147 Å². The first-order valence-electron chi connectivity index (χ1n) is 7.61. The molecule has 0 fully saturated rings. The van der Waals surface area contributed by atoms with Gasteiger partial charge in [0.2, 0.25) is 0 Å². The first-order valence-corrected chi connectivity index (χ1v) is 8.49. The van der Waals surface area contributed by atoms with E-state index in [0.29, 0.717) is 23.2 Å². The molecular formula is C15H15BN4O5S. The molecule has 134 valence electrons. The Hall–Kier alpha value is -2.92. The lowest BCUT2D eigenvalue weighted by molar-refractivity contribution is -0.115. The summed E-state index contributed by atoms with van der Waals surface area (Å²) in [7, 11) is -1.33. The van der Waals surface area contributed by atoms with Gasteiger partial charge in [-0.05, 0) is 18.9 Å². The van der Waals surface area contributed by atoms with E-state index in [1.54, 1.807) is 19.1 Å². The molecule has 0 bridgehead atoms. The van der Waals surface area contributed by atoms with Gasteiger partial charge < -0.3 is 25.9 Å². The maximum Gasteiger partial charge on any atom is 0.547 e. The summed E-state index contributed by atoms with van der Waals surface area (Å²) in [6.45, 7) is 1.72. The van der Waals surface area contributed by atoms with Crippen LogP contribution in [0.1, 0.15) is 27.2 Å². The number of aromatic nitrogens is 1. The second kappa shape index (κ2) is 7.14. The minimum atomic E-state index is -1.33. The maximum atomic E-state index is 12.4. The molecule has 1 aliphatic rings. The van der Waals surface area contributed by atoms with E-state index in [9.17, 15) is 14.6 Å². The van der Waals surface area contributed by atoms with Crippen LogP contribution in [0.2, 0.25) is 0 Å². The average molecular weight is 374 g/mol. The molecule has 11 heteroatoms. The Morgan fingerprint density at radius 3 is 2.96 bits per heavy atom. The van der Waals surface area contributed by atoms with Crippen LogP contribution in [-0.4, -0.2) is 46.2 Å². The molecular weight excluding hydrogens is 359 g/mol. The average Bonchev–Trinajstić information content (AvgIpc) is 3.03. The third-order valence-corrected chi connectivity index (χ3v) is 4.75. The molecule has 3 rings (SSSR count). The highest BCUT2D eigenvalue weighted by molar-refractivity contribution is 7.13. The molecule has 0 radical (unpaired) electrons. The molecule has 26 heavy (non-hydrogen) atoms. The number of oxime groups is 1. The summed E-state index contributed by atoms with van der Waals surface area (Å²) in [5.41, 5.74) is 7.17. The molecule has 2 aromatic rings. The Balaban J connectivity index is 1.79. The Morgan fingerprint density at radius 1 is 1.58 bits per heavy atom. The van der Waals surface area contributed by atoms with Crippen LogP contribution in [0.25, 0.3) is 0 Å². The summed E-state index contributed by atoms with van der Waals surface area (Å²) in [4.78, 5) is 27.3. The summed E-state index contributed by atoms with van der Waals surface area (Å²) in [5.74, 6) is -1.07. The molecule has 0 unspecified atom stereocenters. The van der Waals surface area contributed by atoms with Crippen LogP contribution in [0.3, 0.4) is 0 Å². The fraction of sp³-hybridized carbons (Fsp3) is 0.200. The largest absolute Gasteiger partial charge is 0.547 e. The van der Waals surface area contributed by atoms with E-state index in [-0.39, 0.29) is 23.0 Å².